The lowest BCUT2D eigenvalue weighted by Gasteiger charge is -2.08. The summed E-state index contributed by atoms with van der Waals surface area (Å²) in [7, 11) is 2.11. The average Bonchev–Trinajstić information content (AvgIpc) is 2.95. The van der Waals surface area contributed by atoms with E-state index in [1.807, 2.05) is 0 Å². The van der Waals surface area contributed by atoms with Crippen LogP contribution in [0.3, 0.4) is 0 Å². The van der Waals surface area contributed by atoms with Crippen molar-refractivity contribution in [2.45, 2.75) is 5.92 Å². The topological polar surface area (TPSA) is 17.0 Å². The molecule has 2 aromatic heterocycles. The smallest absolute Gasteiger partial charge is 0.0701 e. The highest BCUT2D eigenvalue weighted by molar-refractivity contribution is 9.11. The van der Waals surface area contributed by atoms with Crippen molar-refractivity contribution >= 4 is 43.9 Å². The van der Waals surface area contributed by atoms with Crippen molar-refractivity contribution in [1.29, 1.82) is 0 Å². The van der Waals surface area contributed by atoms with Gasteiger partial charge >= 0.3 is 0 Å². The maximum Gasteiger partial charge on any atom is 0.0701 e. The predicted octanol–water partition coefficient (Wildman–Crippen LogP) is 5.07. The van der Waals surface area contributed by atoms with Gasteiger partial charge in [-0.05, 0) is 52.0 Å². The Morgan fingerprint density at radius 2 is 2.15 bits per heavy atom. The lowest BCUT2D eigenvalue weighted by atomic mass is 9.97. The molecule has 1 atom stereocenters. The first kappa shape index (κ1) is 12.2. The summed E-state index contributed by atoms with van der Waals surface area (Å²) < 4.78 is 3.39. The first-order valence-electron chi connectivity index (χ1n) is 6.50. The number of rotatable bonds is 1. The molecule has 20 heavy (non-hydrogen) atoms. The molecule has 0 saturated heterocycles. The quantitative estimate of drug-likeness (QED) is 0.651. The van der Waals surface area contributed by atoms with Crippen LogP contribution in [0, 0.1) is 0 Å². The van der Waals surface area contributed by atoms with E-state index in [4.69, 9.17) is 0 Å². The van der Waals surface area contributed by atoms with E-state index in [1.54, 1.807) is 11.3 Å². The molecule has 0 fully saturated rings. The zero-order valence-corrected chi connectivity index (χ0v) is 13.3. The number of hydrogen-bond donors (Lipinski definition) is 1. The van der Waals surface area contributed by atoms with Crippen molar-refractivity contribution in [3.05, 3.63) is 63.0 Å². The first-order chi connectivity index (χ1) is 9.74. The minimum absolute atomic E-state index is 0.311. The van der Waals surface area contributed by atoms with Crippen molar-refractivity contribution in [3.8, 4) is 0 Å². The van der Waals surface area contributed by atoms with E-state index in [-0.39, 0.29) is 0 Å². The molecule has 1 unspecified atom stereocenters. The van der Waals surface area contributed by atoms with Crippen molar-refractivity contribution in [2.75, 3.05) is 5.32 Å². The highest BCUT2D eigenvalue weighted by Gasteiger charge is 2.22. The summed E-state index contributed by atoms with van der Waals surface area (Å²) in [6.45, 7) is 0. The Labute approximate surface area is 129 Å². The zero-order chi connectivity index (χ0) is 13.7. The van der Waals surface area contributed by atoms with Crippen LogP contribution in [0.15, 0.2) is 52.6 Å². The normalized spacial score (nSPS) is 17.2. The number of nitrogens with zero attached hydrogens (tertiary/aromatic N) is 1. The van der Waals surface area contributed by atoms with Gasteiger partial charge in [0.05, 0.1) is 9.30 Å². The molecule has 0 radical (unpaired) electrons. The zero-order valence-electron chi connectivity index (χ0n) is 10.9. The van der Waals surface area contributed by atoms with Crippen LogP contribution < -0.4 is 5.32 Å². The predicted molar refractivity (Wildman–Crippen MR) is 89.5 cm³/mol. The largest absolute Gasteiger partial charge is 0.361 e. The molecule has 2 nitrogen and oxygen atoms in total. The highest BCUT2D eigenvalue weighted by Crippen LogP contribution is 2.41. The maximum absolute atomic E-state index is 3.57. The van der Waals surface area contributed by atoms with Crippen LogP contribution in [0.2, 0.25) is 0 Å². The van der Waals surface area contributed by atoms with E-state index in [9.17, 15) is 0 Å². The van der Waals surface area contributed by atoms with Gasteiger partial charge in [0, 0.05) is 35.1 Å². The molecule has 1 aliphatic heterocycles. The summed E-state index contributed by atoms with van der Waals surface area (Å²) >= 11 is 5.37. The minimum Gasteiger partial charge on any atom is -0.361 e. The Balaban J connectivity index is 2.01. The molecule has 0 spiro atoms. The molecule has 1 aliphatic rings. The summed E-state index contributed by atoms with van der Waals surface area (Å²) in [4.78, 5) is 1.36. The Morgan fingerprint density at radius 3 is 2.95 bits per heavy atom. The highest BCUT2D eigenvalue weighted by atomic mass is 79.9. The van der Waals surface area contributed by atoms with Crippen molar-refractivity contribution in [2.24, 2.45) is 7.05 Å². The minimum atomic E-state index is 0.311. The van der Waals surface area contributed by atoms with Crippen LogP contribution in [0.5, 0.6) is 0 Å². The maximum atomic E-state index is 3.57. The third-order valence-electron chi connectivity index (χ3n) is 3.81. The Bertz CT molecular complexity index is 828. The Kier molecular flexibility index (Phi) is 2.75. The Morgan fingerprint density at radius 1 is 1.25 bits per heavy atom. The molecule has 0 amide bonds. The van der Waals surface area contributed by atoms with Crippen LogP contribution in [-0.2, 0) is 7.05 Å². The van der Waals surface area contributed by atoms with Gasteiger partial charge in [-0.25, -0.2) is 0 Å². The van der Waals surface area contributed by atoms with Crippen LogP contribution in [0.4, 0.5) is 5.69 Å². The number of nitrogens with one attached hydrogen (secondary N) is 1. The van der Waals surface area contributed by atoms with Gasteiger partial charge < -0.3 is 9.88 Å². The van der Waals surface area contributed by atoms with Gasteiger partial charge in [0.2, 0.25) is 0 Å². The molecular weight excluding hydrogens is 332 g/mol. The number of aryl methyl sites for hydroxylation is 1. The van der Waals surface area contributed by atoms with Crippen molar-refractivity contribution in [1.82, 2.24) is 4.57 Å². The second-order valence-electron chi connectivity index (χ2n) is 5.02. The second-order valence-corrected chi connectivity index (χ2v) is 7.51. The van der Waals surface area contributed by atoms with Gasteiger partial charge in [0.25, 0.3) is 0 Å². The summed E-state index contributed by atoms with van der Waals surface area (Å²) in [6.07, 6.45) is 6.56. The fourth-order valence-electron chi connectivity index (χ4n) is 2.92. The monoisotopic (exact) mass is 344 g/mol. The lowest BCUT2D eigenvalue weighted by molar-refractivity contribution is 0.945. The molecule has 100 valence electrons. The van der Waals surface area contributed by atoms with Crippen LogP contribution >= 0.6 is 27.3 Å². The molecule has 3 heterocycles. The number of halogens is 1. The van der Waals surface area contributed by atoms with E-state index in [0.29, 0.717) is 5.92 Å². The molecule has 1 aromatic carbocycles. The van der Waals surface area contributed by atoms with E-state index in [0.717, 1.165) is 0 Å². The number of thiophene rings is 1. The summed E-state index contributed by atoms with van der Waals surface area (Å²) in [5.41, 5.74) is 3.83. The second kappa shape index (κ2) is 4.50. The SMILES string of the molecule is Cn1cc2c3c(cccc31)NC=CC2c1ccc(Br)s1. The van der Waals surface area contributed by atoms with E-state index >= 15 is 0 Å². The molecule has 0 saturated carbocycles. The molecular formula is C16H13BrN2S. The fraction of sp³-hybridized carbons (Fsp3) is 0.125. The average molecular weight is 345 g/mol. The van der Waals surface area contributed by atoms with E-state index in [1.165, 1.54) is 30.8 Å². The van der Waals surface area contributed by atoms with Crippen LogP contribution in [0.1, 0.15) is 16.4 Å². The van der Waals surface area contributed by atoms with Gasteiger partial charge in [-0.3, -0.25) is 0 Å². The Hall–Kier alpha value is -1.52. The molecule has 0 bridgehead atoms. The fourth-order valence-corrected chi connectivity index (χ4v) is 4.44. The third-order valence-corrected chi connectivity index (χ3v) is 5.51. The molecule has 3 aromatic rings. The van der Waals surface area contributed by atoms with Crippen LogP contribution in [-0.4, -0.2) is 4.57 Å². The van der Waals surface area contributed by atoms with E-state index < -0.39 is 0 Å². The standard InChI is InChI=1S/C16H13BrN2S/c1-19-9-11-10(14-5-6-15(17)20-14)7-8-18-12-3-2-4-13(19)16(11)12/h2-10,18H,1H3. The summed E-state index contributed by atoms with van der Waals surface area (Å²) in [5, 5.41) is 4.74. The summed E-state index contributed by atoms with van der Waals surface area (Å²) in [6, 6.07) is 10.7. The van der Waals surface area contributed by atoms with Crippen molar-refractivity contribution < 1.29 is 0 Å². The van der Waals surface area contributed by atoms with Gasteiger partial charge in [-0.2, -0.15) is 0 Å². The van der Waals surface area contributed by atoms with Gasteiger partial charge in [-0.15, -0.1) is 11.3 Å². The number of hydrogen-bond acceptors (Lipinski definition) is 2. The molecule has 4 rings (SSSR count). The lowest BCUT2D eigenvalue weighted by Crippen LogP contribution is -1.93. The van der Waals surface area contributed by atoms with Crippen molar-refractivity contribution in [3.63, 3.8) is 0 Å². The molecule has 4 heteroatoms. The number of anilines is 1. The number of benzene rings is 1. The molecule has 1 N–H and O–H groups in total. The molecule has 0 aliphatic carbocycles. The number of allylic oxidation sites excluding steroid dienone is 1. The van der Waals surface area contributed by atoms with E-state index in [2.05, 4.69) is 81.7 Å². The third kappa shape index (κ3) is 1.75. The van der Waals surface area contributed by atoms with Gasteiger partial charge in [0.15, 0.2) is 0 Å². The number of aromatic nitrogens is 1. The van der Waals surface area contributed by atoms with Gasteiger partial charge in [-0.1, -0.05) is 12.1 Å². The van der Waals surface area contributed by atoms with Gasteiger partial charge in [0.1, 0.15) is 0 Å². The summed E-state index contributed by atoms with van der Waals surface area (Å²) in [5.74, 6) is 0.311. The van der Waals surface area contributed by atoms with Crippen LogP contribution in [0.25, 0.3) is 10.9 Å². The first-order valence-corrected chi connectivity index (χ1v) is 8.11.